The molecule has 1 aromatic heterocycles. The Hall–Kier alpha value is -2.64. The van der Waals surface area contributed by atoms with Crippen LogP contribution in [0.15, 0.2) is 58.6 Å². The lowest BCUT2D eigenvalue weighted by Crippen LogP contribution is -2.02. The van der Waals surface area contributed by atoms with E-state index in [2.05, 4.69) is 10.2 Å². The molecule has 2 aromatic carbocycles. The number of halogens is 2. The van der Waals surface area contributed by atoms with Crippen molar-refractivity contribution in [2.45, 2.75) is 18.6 Å². The summed E-state index contributed by atoms with van der Waals surface area (Å²) in [7, 11) is 0. The van der Waals surface area contributed by atoms with E-state index in [9.17, 15) is 14.3 Å². The number of benzene rings is 2. The maximum atomic E-state index is 13.0. The van der Waals surface area contributed by atoms with Crippen molar-refractivity contribution in [2.24, 2.45) is 0 Å². The lowest BCUT2D eigenvalue weighted by atomic mass is 10.2. The Bertz CT molecular complexity index is 985. The number of thioether (sulfide) groups is 1. The molecule has 3 rings (SSSR count). The summed E-state index contributed by atoms with van der Waals surface area (Å²) in [5.74, 6) is -0.846. The van der Waals surface area contributed by atoms with E-state index in [1.807, 2.05) is 23.6 Å². The summed E-state index contributed by atoms with van der Waals surface area (Å²) in [6.07, 6.45) is 1.48. The third kappa shape index (κ3) is 4.56. The van der Waals surface area contributed by atoms with Gasteiger partial charge in [0.1, 0.15) is 10.7 Å². The molecule has 0 unspecified atom stereocenters. The predicted molar refractivity (Wildman–Crippen MR) is 104 cm³/mol. The van der Waals surface area contributed by atoms with Gasteiger partial charge in [-0.15, -0.1) is 10.2 Å². The molecule has 0 atom stereocenters. The standard InChI is InChI=1S/C19H15ClFN3O2S/c1-2-24-17(13-5-7-14(20)8-6-13)22-23-19(24)27-16(18(25)26)11-12-3-9-15(21)10-4-12/h3-11H,2H2,1H3,(H,25,26)/b16-11-. The van der Waals surface area contributed by atoms with E-state index in [0.717, 1.165) is 17.3 Å². The molecule has 0 saturated carbocycles. The van der Waals surface area contributed by atoms with Crippen LogP contribution in [0, 0.1) is 5.82 Å². The molecular weight excluding hydrogens is 389 g/mol. The molecule has 0 bridgehead atoms. The molecule has 0 aliphatic rings. The molecule has 1 heterocycles. The number of carbonyl (C=O) groups is 1. The van der Waals surface area contributed by atoms with Crippen molar-refractivity contribution in [3.8, 4) is 11.4 Å². The predicted octanol–water partition coefficient (Wildman–Crippen LogP) is 4.98. The second-order valence-corrected chi connectivity index (χ2v) is 6.97. The van der Waals surface area contributed by atoms with Crippen LogP contribution in [0.5, 0.6) is 0 Å². The van der Waals surface area contributed by atoms with Crippen molar-refractivity contribution in [1.82, 2.24) is 14.8 Å². The lowest BCUT2D eigenvalue weighted by molar-refractivity contribution is -0.131. The first-order chi connectivity index (χ1) is 13.0. The van der Waals surface area contributed by atoms with Crippen molar-refractivity contribution < 1.29 is 14.3 Å². The van der Waals surface area contributed by atoms with E-state index in [4.69, 9.17) is 11.6 Å². The van der Waals surface area contributed by atoms with E-state index in [0.29, 0.717) is 28.1 Å². The Morgan fingerprint density at radius 2 is 1.85 bits per heavy atom. The number of carboxylic acid groups (broad SMARTS) is 1. The second kappa shape index (κ2) is 8.37. The fourth-order valence-corrected chi connectivity index (χ4v) is 3.42. The molecule has 0 aliphatic heterocycles. The fraction of sp³-hybridized carbons (Fsp3) is 0.105. The highest BCUT2D eigenvalue weighted by atomic mass is 35.5. The first-order valence-corrected chi connectivity index (χ1v) is 9.25. The van der Waals surface area contributed by atoms with Crippen LogP contribution in [0.4, 0.5) is 4.39 Å². The van der Waals surface area contributed by atoms with Gasteiger partial charge < -0.3 is 9.67 Å². The summed E-state index contributed by atoms with van der Waals surface area (Å²) < 4.78 is 14.9. The van der Waals surface area contributed by atoms with E-state index in [1.165, 1.54) is 30.3 Å². The largest absolute Gasteiger partial charge is 0.477 e. The van der Waals surface area contributed by atoms with Gasteiger partial charge in [-0.1, -0.05) is 23.7 Å². The molecule has 3 aromatic rings. The fourth-order valence-electron chi connectivity index (χ4n) is 2.41. The van der Waals surface area contributed by atoms with Crippen LogP contribution in [0.1, 0.15) is 12.5 Å². The van der Waals surface area contributed by atoms with Crippen LogP contribution in [-0.4, -0.2) is 25.8 Å². The van der Waals surface area contributed by atoms with Gasteiger partial charge in [-0.05, 0) is 66.7 Å². The number of nitrogens with zero attached hydrogens (tertiary/aromatic N) is 3. The lowest BCUT2D eigenvalue weighted by Gasteiger charge is -2.08. The summed E-state index contributed by atoms with van der Waals surface area (Å²) in [5, 5.41) is 18.9. The Balaban J connectivity index is 1.94. The van der Waals surface area contributed by atoms with Crippen LogP contribution in [0.3, 0.4) is 0 Å². The van der Waals surface area contributed by atoms with Gasteiger partial charge in [0.25, 0.3) is 0 Å². The van der Waals surface area contributed by atoms with Gasteiger partial charge in [0.05, 0.1) is 0 Å². The zero-order chi connectivity index (χ0) is 19.4. The van der Waals surface area contributed by atoms with Crippen molar-refractivity contribution in [2.75, 3.05) is 0 Å². The topological polar surface area (TPSA) is 68.0 Å². The van der Waals surface area contributed by atoms with E-state index >= 15 is 0 Å². The molecule has 0 spiro atoms. The maximum Gasteiger partial charge on any atom is 0.342 e. The van der Waals surface area contributed by atoms with Crippen LogP contribution >= 0.6 is 23.4 Å². The smallest absolute Gasteiger partial charge is 0.342 e. The molecule has 5 nitrogen and oxygen atoms in total. The Kier molecular flexibility index (Phi) is 5.93. The zero-order valence-corrected chi connectivity index (χ0v) is 15.8. The van der Waals surface area contributed by atoms with Crippen LogP contribution < -0.4 is 0 Å². The average molecular weight is 404 g/mol. The number of aromatic nitrogens is 3. The van der Waals surface area contributed by atoms with Crippen LogP contribution in [0.2, 0.25) is 5.02 Å². The molecular formula is C19H15ClFN3O2S. The minimum absolute atomic E-state index is 0.0614. The van der Waals surface area contributed by atoms with Crippen molar-refractivity contribution in [3.05, 3.63) is 69.8 Å². The van der Waals surface area contributed by atoms with Crippen molar-refractivity contribution in [3.63, 3.8) is 0 Å². The summed E-state index contributed by atoms with van der Waals surface area (Å²) in [6, 6.07) is 12.8. The van der Waals surface area contributed by atoms with Gasteiger partial charge in [-0.2, -0.15) is 0 Å². The van der Waals surface area contributed by atoms with E-state index in [-0.39, 0.29) is 10.7 Å². The minimum atomic E-state index is -1.09. The first kappa shape index (κ1) is 19.1. The molecule has 27 heavy (non-hydrogen) atoms. The molecule has 0 saturated heterocycles. The van der Waals surface area contributed by atoms with Gasteiger partial charge in [0.2, 0.25) is 0 Å². The molecule has 0 aliphatic carbocycles. The summed E-state index contributed by atoms with van der Waals surface area (Å²) in [5.41, 5.74) is 1.42. The third-order valence-electron chi connectivity index (χ3n) is 3.72. The van der Waals surface area contributed by atoms with Gasteiger partial charge in [-0.25, -0.2) is 9.18 Å². The molecule has 0 radical (unpaired) electrons. The highest BCUT2D eigenvalue weighted by Crippen LogP contribution is 2.30. The highest BCUT2D eigenvalue weighted by molar-refractivity contribution is 8.04. The molecule has 1 N–H and O–H groups in total. The minimum Gasteiger partial charge on any atom is -0.477 e. The van der Waals surface area contributed by atoms with Gasteiger partial charge in [-0.3, -0.25) is 0 Å². The first-order valence-electron chi connectivity index (χ1n) is 8.05. The SMILES string of the molecule is CCn1c(S/C(=C\c2ccc(F)cc2)C(=O)O)nnc1-c1ccc(Cl)cc1. The molecule has 8 heteroatoms. The number of carboxylic acids is 1. The van der Waals surface area contributed by atoms with Gasteiger partial charge >= 0.3 is 5.97 Å². The quantitative estimate of drug-likeness (QED) is 0.464. The number of aliphatic carboxylic acids is 1. The van der Waals surface area contributed by atoms with Gasteiger partial charge in [0, 0.05) is 17.1 Å². The highest BCUT2D eigenvalue weighted by Gasteiger charge is 2.18. The molecule has 138 valence electrons. The number of rotatable bonds is 6. The molecule has 0 amide bonds. The Labute approximate surface area is 164 Å². The summed E-state index contributed by atoms with van der Waals surface area (Å²) in [6.45, 7) is 2.49. The summed E-state index contributed by atoms with van der Waals surface area (Å²) in [4.78, 5) is 11.7. The van der Waals surface area contributed by atoms with Gasteiger partial charge in [0.15, 0.2) is 11.0 Å². The number of hydrogen-bond acceptors (Lipinski definition) is 4. The second-order valence-electron chi connectivity index (χ2n) is 5.52. The zero-order valence-electron chi connectivity index (χ0n) is 14.3. The normalized spacial score (nSPS) is 11.6. The van der Waals surface area contributed by atoms with Crippen molar-refractivity contribution >= 4 is 35.4 Å². The van der Waals surface area contributed by atoms with Crippen LogP contribution in [-0.2, 0) is 11.3 Å². The molecule has 0 fully saturated rings. The average Bonchev–Trinajstić information content (AvgIpc) is 3.06. The third-order valence-corrected chi connectivity index (χ3v) is 4.96. The van der Waals surface area contributed by atoms with E-state index in [1.54, 1.807) is 12.1 Å². The number of hydrogen-bond donors (Lipinski definition) is 1. The Morgan fingerprint density at radius 1 is 1.19 bits per heavy atom. The maximum absolute atomic E-state index is 13.0. The van der Waals surface area contributed by atoms with E-state index < -0.39 is 5.97 Å². The summed E-state index contributed by atoms with van der Waals surface area (Å²) >= 11 is 6.92. The van der Waals surface area contributed by atoms with Crippen LogP contribution in [0.25, 0.3) is 17.5 Å². The monoisotopic (exact) mass is 403 g/mol. The van der Waals surface area contributed by atoms with Crippen molar-refractivity contribution in [1.29, 1.82) is 0 Å². The Morgan fingerprint density at radius 3 is 2.44 bits per heavy atom.